The lowest BCUT2D eigenvalue weighted by Gasteiger charge is -2.12. The summed E-state index contributed by atoms with van der Waals surface area (Å²) in [5.74, 6) is 1.57. The zero-order valence-corrected chi connectivity index (χ0v) is 19.5. The Morgan fingerprint density at radius 3 is 2.65 bits per heavy atom. The predicted octanol–water partition coefficient (Wildman–Crippen LogP) is 4.90. The van der Waals surface area contributed by atoms with E-state index < -0.39 is 0 Å². The third kappa shape index (κ3) is 5.49. The van der Waals surface area contributed by atoms with Crippen LogP contribution < -0.4 is 9.47 Å². The number of amides is 1. The summed E-state index contributed by atoms with van der Waals surface area (Å²) in [6, 6.07) is 15.9. The highest BCUT2D eigenvalue weighted by Gasteiger charge is 2.34. The summed E-state index contributed by atoms with van der Waals surface area (Å²) in [6.45, 7) is 2.48. The Morgan fingerprint density at radius 1 is 1.15 bits per heavy atom. The van der Waals surface area contributed by atoms with E-state index in [2.05, 4.69) is 10.2 Å². The quantitative estimate of drug-likeness (QED) is 0.282. The largest absolute Gasteiger partial charge is 0.504 e. The summed E-state index contributed by atoms with van der Waals surface area (Å²) in [4.78, 5) is 15.2. The van der Waals surface area contributed by atoms with E-state index in [-0.39, 0.29) is 18.2 Å². The highest BCUT2D eigenvalue weighted by molar-refractivity contribution is 8.18. The van der Waals surface area contributed by atoms with Crippen molar-refractivity contribution in [3.05, 3.63) is 82.7 Å². The number of hydrogen-bond acceptors (Lipinski definition) is 8. The van der Waals surface area contributed by atoms with Crippen molar-refractivity contribution in [1.82, 2.24) is 4.90 Å². The van der Waals surface area contributed by atoms with Crippen LogP contribution in [-0.4, -0.2) is 41.0 Å². The zero-order chi connectivity index (χ0) is 23.9. The van der Waals surface area contributed by atoms with E-state index in [4.69, 9.17) is 13.9 Å². The van der Waals surface area contributed by atoms with Gasteiger partial charge in [0.2, 0.25) is 0 Å². The summed E-state index contributed by atoms with van der Waals surface area (Å²) < 4.78 is 16.0. The summed E-state index contributed by atoms with van der Waals surface area (Å²) in [7, 11) is 1.61. The van der Waals surface area contributed by atoms with Crippen LogP contribution in [0.4, 0.5) is 0 Å². The van der Waals surface area contributed by atoms with Gasteiger partial charge in [-0.1, -0.05) is 6.07 Å². The molecule has 0 saturated carbocycles. The van der Waals surface area contributed by atoms with E-state index >= 15 is 0 Å². The molecular weight excluding hydrogens is 454 g/mol. The molecule has 1 aromatic heterocycles. The van der Waals surface area contributed by atoms with Crippen molar-refractivity contribution in [3.8, 4) is 17.2 Å². The molecule has 0 spiro atoms. The van der Waals surface area contributed by atoms with Gasteiger partial charge in [-0.05, 0) is 84.4 Å². The molecule has 8 nitrogen and oxygen atoms in total. The number of carbonyl (C=O) groups excluding carboxylic acids is 1. The number of rotatable bonds is 8. The van der Waals surface area contributed by atoms with Crippen LogP contribution in [0.15, 0.2) is 80.4 Å². The minimum atomic E-state index is -0.217. The summed E-state index contributed by atoms with van der Waals surface area (Å²) in [5, 5.41) is 18.9. The number of carbonyl (C=O) groups is 1. The van der Waals surface area contributed by atoms with Gasteiger partial charge in [0.25, 0.3) is 5.91 Å². The number of thioether (sulfide) groups is 1. The van der Waals surface area contributed by atoms with Crippen LogP contribution in [0, 0.1) is 0 Å². The highest BCUT2D eigenvalue weighted by atomic mass is 32.2. The van der Waals surface area contributed by atoms with E-state index in [9.17, 15) is 9.90 Å². The lowest BCUT2D eigenvalue weighted by Crippen LogP contribution is -2.28. The molecule has 2 aromatic carbocycles. The first-order valence-corrected chi connectivity index (χ1v) is 11.3. The third-order valence-electron chi connectivity index (χ3n) is 4.83. The van der Waals surface area contributed by atoms with Crippen molar-refractivity contribution in [2.75, 3.05) is 13.7 Å². The molecule has 1 amide bonds. The van der Waals surface area contributed by atoms with Crippen molar-refractivity contribution < 1.29 is 23.8 Å². The molecule has 1 saturated heterocycles. The maximum atomic E-state index is 13.2. The van der Waals surface area contributed by atoms with Crippen LogP contribution in [0.5, 0.6) is 17.2 Å². The molecule has 2 heterocycles. The Bertz CT molecular complexity index is 1230. The maximum Gasteiger partial charge on any atom is 0.267 e. The minimum absolute atomic E-state index is 0.0453. The van der Waals surface area contributed by atoms with Crippen molar-refractivity contribution in [2.24, 2.45) is 10.2 Å². The Balaban J connectivity index is 1.60. The zero-order valence-electron chi connectivity index (χ0n) is 18.7. The lowest BCUT2D eigenvalue weighted by atomic mass is 10.2. The van der Waals surface area contributed by atoms with Crippen LogP contribution in [0.3, 0.4) is 0 Å². The smallest absolute Gasteiger partial charge is 0.267 e. The first-order valence-electron chi connectivity index (χ1n) is 10.5. The van der Waals surface area contributed by atoms with E-state index in [1.807, 2.05) is 31.2 Å². The predicted molar refractivity (Wildman–Crippen MR) is 132 cm³/mol. The second-order valence-electron chi connectivity index (χ2n) is 7.14. The molecule has 4 rings (SSSR count). The van der Waals surface area contributed by atoms with Crippen LogP contribution in [-0.2, 0) is 11.3 Å². The SMILES string of the molecule is CCOc1cc(/C=C2\S/C(=N/N=C\c3ccc(OC)cc3)N(Cc3ccco3)C2=O)ccc1O. The summed E-state index contributed by atoms with van der Waals surface area (Å²) in [5.41, 5.74) is 1.57. The van der Waals surface area contributed by atoms with Crippen molar-refractivity contribution in [2.45, 2.75) is 13.5 Å². The monoisotopic (exact) mass is 477 g/mol. The van der Waals surface area contributed by atoms with Gasteiger partial charge in [0, 0.05) is 0 Å². The van der Waals surface area contributed by atoms with E-state index in [0.717, 1.165) is 16.9 Å². The number of benzene rings is 2. The molecule has 3 aromatic rings. The number of methoxy groups -OCH3 is 1. The lowest BCUT2D eigenvalue weighted by molar-refractivity contribution is -0.122. The van der Waals surface area contributed by atoms with Crippen LogP contribution in [0.25, 0.3) is 6.08 Å². The number of phenolic OH excluding ortho intramolecular Hbond substituents is 1. The summed E-state index contributed by atoms with van der Waals surface area (Å²) >= 11 is 1.22. The molecule has 0 bridgehead atoms. The molecule has 1 aliphatic heterocycles. The number of amidine groups is 1. The molecule has 1 fully saturated rings. The maximum absolute atomic E-state index is 13.2. The molecule has 0 radical (unpaired) electrons. The fourth-order valence-electron chi connectivity index (χ4n) is 3.16. The normalized spacial score (nSPS) is 16.2. The Labute approximate surface area is 201 Å². The van der Waals surface area contributed by atoms with Crippen molar-refractivity contribution in [1.29, 1.82) is 0 Å². The third-order valence-corrected chi connectivity index (χ3v) is 5.83. The van der Waals surface area contributed by atoms with E-state index in [1.54, 1.807) is 49.9 Å². The number of phenols is 1. The first-order chi connectivity index (χ1) is 16.6. The average Bonchev–Trinajstić information content (AvgIpc) is 3.46. The topological polar surface area (TPSA) is 96.9 Å². The van der Waals surface area contributed by atoms with Crippen LogP contribution in [0.2, 0.25) is 0 Å². The Morgan fingerprint density at radius 2 is 1.94 bits per heavy atom. The molecule has 34 heavy (non-hydrogen) atoms. The van der Waals surface area contributed by atoms with Gasteiger partial charge in [0.15, 0.2) is 16.7 Å². The van der Waals surface area contributed by atoms with Gasteiger partial charge >= 0.3 is 0 Å². The number of furan rings is 1. The van der Waals surface area contributed by atoms with Gasteiger partial charge < -0.3 is 19.0 Å². The molecule has 1 N–H and O–H groups in total. The van der Waals surface area contributed by atoms with Crippen LogP contribution >= 0.6 is 11.8 Å². The fraction of sp³-hybridized carbons (Fsp3) is 0.160. The average molecular weight is 478 g/mol. The number of hydrogen-bond donors (Lipinski definition) is 1. The molecule has 0 aliphatic carbocycles. The van der Waals surface area contributed by atoms with Crippen LogP contribution in [0.1, 0.15) is 23.8 Å². The minimum Gasteiger partial charge on any atom is -0.504 e. The fourth-order valence-corrected chi connectivity index (χ4v) is 4.09. The van der Waals surface area contributed by atoms with Gasteiger partial charge in [0.1, 0.15) is 11.5 Å². The van der Waals surface area contributed by atoms with Gasteiger partial charge in [0.05, 0.1) is 37.6 Å². The molecule has 0 unspecified atom stereocenters. The number of ether oxygens (including phenoxy) is 2. The van der Waals surface area contributed by atoms with Crippen molar-refractivity contribution >= 4 is 35.1 Å². The highest BCUT2D eigenvalue weighted by Crippen LogP contribution is 2.35. The molecular formula is C25H23N3O5S. The Kier molecular flexibility index (Phi) is 7.34. The van der Waals surface area contributed by atoms with Gasteiger partial charge in [-0.15, -0.1) is 5.10 Å². The summed E-state index contributed by atoms with van der Waals surface area (Å²) in [6.07, 6.45) is 4.91. The molecule has 174 valence electrons. The molecule has 1 aliphatic rings. The number of nitrogens with zero attached hydrogens (tertiary/aromatic N) is 3. The standard InChI is InChI=1S/C25H23N3O5S/c1-3-32-22-13-18(8-11-21(22)29)14-23-24(30)28(16-20-5-4-12-33-20)25(34-23)27-26-15-17-6-9-19(31-2)10-7-17/h4-15,29H,3,16H2,1-2H3/b23-14-,26-15-,27-25+. The van der Waals surface area contributed by atoms with E-state index in [0.29, 0.717) is 28.2 Å². The molecule has 0 atom stereocenters. The number of aromatic hydroxyl groups is 1. The Hall–Kier alpha value is -3.98. The van der Waals surface area contributed by atoms with Gasteiger partial charge in [-0.2, -0.15) is 5.10 Å². The van der Waals surface area contributed by atoms with Gasteiger partial charge in [-0.25, -0.2) is 0 Å². The van der Waals surface area contributed by atoms with Crippen molar-refractivity contribution in [3.63, 3.8) is 0 Å². The second-order valence-corrected chi connectivity index (χ2v) is 8.15. The van der Waals surface area contributed by atoms with E-state index in [1.165, 1.54) is 22.7 Å². The molecule has 9 heteroatoms. The second kappa shape index (κ2) is 10.8. The van der Waals surface area contributed by atoms with Gasteiger partial charge in [-0.3, -0.25) is 9.69 Å². The first kappa shape index (κ1) is 23.2.